The van der Waals surface area contributed by atoms with Gasteiger partial charge in [-0.3, -0.25) is 0 Å². The predicted octanol–water partition coefficient (Wildman–Crippen LogP) is 5.49. The van der Waals surface area contributed by atoms with Gasteiger partial charge < -0.3 is 0 Å². The summed E-state index contributed by atoms with van der Waals surface area (Å²) in [4.78, 5) is 0. The zero-order valence-electron chi connectivity index (χ0n) is 12.3. The second-order valence-electron chi connectivity index (χ2n) is 5.72. The molecule has 0 unspecified atom stereocenters. The van der Waals surface area contributed by atoms with Gasteiger partial charge in [0.2, 0.25) is 0 Å². The number of rotatable bonds is 2. The van der Waals surface area contributed by atoms with E-state index >= 15 is 0 Å². The molecule has 0 fully saturated rings. The van der Waals surface area contributed by atoms with E-state index in [1.165, 1.54) is 38.9 Å². The molecular formula is C21H18. The topological polar surface area (TPSA) is 0 Å². The molecule has 0 aromatic heterocycles. The summed E-state index contributed by atoms with van der Waals surface area (Å²) < 4.78 is 0. The standard InChI is InChI=1S/C21H18/c1-2-15-10-12-16(13-11-15)18-8-5-9-20-19-7-4-3-6-17(19)14-21(18)20/h3-13H,2,14H2,1H3. The normalized spacial score (nSPS) is 12.0. The second-order valence-corrected chi connectivity index (χ2v) is 5.72. The molecule has 1 aliphatic carbocycles. The van der Waals surface area contributed by atoms with Crippen molar-refractivity contribution < 1.29 is 0 Å². The first-order valence-corrected chi connectivity index (χ1v) is 7.66. The summed E-state index contributed by atoms with van der Waals surface area (Å²) in [5.74, 6) is 0. The lowest BCUT2D eigenvalue weighted by Gasteiger charge is -2.09. The molecule has 3 aromatic carbocycles. The van der Waals surface area contributed by atoms with E-state index in [9.17, 15) is 0 Å². The van der Waals surface area contributed by atoms with Gasteiger partial charge in [-0.2, -0.15) is 0 Å². The van der Waals surface area contributed by atoms with Crippen LogP contribution in [-0.2, 0) is 12.8 Å². The Balaban J connectivity index is 1.85. The summed E-state index contributed by atoms with van der Waals surface area (Å²) in [7, 11) is 0. The van der Waals surface area contributed by atoms with E-state index in [-0.39, 0.29) is 0 Å². The van der Waals surface area contributed by atoms with Crippen molar-refractivity contribution in [3.63, 3.8) is 0 Å². The molecule has 0 aliphatic heterocycles. The van der Waals surface area contributed by atoms with Crippen LogP contribution >= 0.6 is 0 Å². The molecule has 21 heavy (non-hydrogen) atoms. The van der Waals surface area contributed by atoms with Gasteiger partial charge in [0.15, 0.2) is 0 Å². The molecule has 0 saturated carbocycles. The third-order valence-corrected chi connectivity index (χ3v) is 4.52. The lowest BCUT2D eigenvalue weighted by molar-refractivity contribution is 1.14. The van der Waals surface area contributed by atoms with Crippen molar-refractivity contribution in [1.29, 1.82) is 0 Å². The fourth-order valence-electron chi connectivity index (χ4n) is 3.35. The molecule has 1 aliphatic rings. The SMILES string of the molecule is CCc1ccc(-c2cccc3c2Cc2ccccc2-3)cc1. The van der Waals surface area contributed by atoms with Crippen LogP contribution in [0.5, 0.6) is 0 Å². The molecule has 0 saturated heterocycles. The van der Waals surface area contributed by atoms with Crippen LogP contribution in [-0.4, -0.2) is 0 Å². The highest BCUT2D eigenvalue weighted by Crippen LogP contribution is 2.41. The maximum absolute atomic E-state index is 2.26. The Kier molecular flexibility index (Phi) is 2.89. The van der Waals surface area contributed by atoms with Crippen molar-refractivity contribution in [2.24, 2.45) is 0 Å². The molecule has 3 aromatic rings. The quantitative estimate of drug-likeness (QED) is 0.452. The second kappa shape index (κ2) is 4.89. The molecule has 0 radical (unpaired) electrons. The van der Waals surface area contributed by atoms with Crippen LogP contribution in [0.15, 0.2) is 66.7 Å². The average molecular weight is 270 g/mol. The molecule has 0 heteroatoms. The van der Waals surface area contributed by atoms with Crippen LogP contribution in [0.25, 0.3) is 22.3 Å². The minimum absolute atomic E-state index is 1.05. The molecule has 0 N–H and O–H groups in total. The monoisotopic (exact) mass is 270 g/mol. The molecule has 0 atom stereocenters. The molecule has 0 nitrogen and oxygen atoms in total. The number of hydrogen-bond donors (Lipinski definition) is 0. The maximum Gasteiger partial charge on any atom is -0.000729 e. The zero-order valence-corrected chi connectivity index (χ0v) is 12.3. The minimum Gasteiger partial charge on any atom is -0.0619 e. The first-order chi connectivity index (χ1) is 10.4. The fraction of sp³-hybridized carbons (Fsp3) is 0.143. The number of aryl methyl sites for hydroxylation is 1. The van der Waals surface area contributed by atoms with E-state index in [4.69, 9.17) is 0 Å². The van der Waals surface area contributed by atoms with Crippen LogP contribution in [0.4, 0.5) is 0 Å². The van der Waals surface area contributed by atoms with Crippen LogP contribution in [0.3, 0.4) is 0 Å². The minimum atomic E-state index is 1.05. The lowest BCUT2D eigenvalue weighted by Crippen LogP contribution is -1.88. The van der Waals surface area contributed by atoms with Gasteiger partial charge in [0, 0.05) is 0 Å². The van der Waals surface area contributed by atoms with Crippen molar-refractivity contribution in [3.05, 3.63) is 83.4 Å². The Labute approximate surface area is 126 Å². The van der Waals surface area contributed by atoms with E-state index in [0.29, 0.717) is 0 Å². The smallest absolute Gasteiger partial charge is 0.000729 e. The highest BCUT2D eigenvalue weighted by molar-refractivity contribution is 5.84. The number of hydrogen-bond acceptors (Lipinski definition) is 0. The van der Waals surface area contributed by atoms with Crippen molar-refractivity contribution in [3.8, 4) is 22.3 Å². The molecular weight excluding hydrogens is 252 g/mol. The Morgan fingerprint density at radius 1 is 0.714 bits per heavy atom. The van der Waals surface area contributed by atoms with Gasteiger partial charge in [-0.05, 0) is 51.8 Å². The Hall–Kier alpha value is -2.34. The summed E-state index contributed by atoms with van der Waals surface area (Å²) in [5.41, 5.74) is 9.84. The van der Waals surface area contributed by atoms with Crippen LogP contribution in [0, 0.1) is 0 Å². The van der Waals surface area contributed by atoms with E-state index in [1.54, 1.807) is 0 Å². The molecule has 0 spiro atoms. The third kappa shape index (κ3) is 1.99. The van der Waals surface area contributed by atoms with E-state index in [2.05, 4.69) is 73.7 Å². The Morgan fingerprint density at radius 3 is 2.24 bits per heavy atom. The van der Waals surface area contributed by atoms with Crippen LogP contribution < -0.4 is 0 Å². The van der Waals surface area contributed by atoms with E-state index in [1.807, 2.05) is 0 Å². The van der Waals surface area contributed by atoms with E-state index in [0.717, 1.165) is 12.8 Å². The van der Waals surface area contributed by atoms with Gasteiger partial charge in [-0.25, -0.2) is 0 Å². The number of fused-ring (bicyclic) bond motifs is 3. The first kappa shape index (κ1) is 12.4. The summed E-state index contributed by atoms with van der Waals surface area (Å²) in [6.07, 6.45) is 2.15. The summed E-state index contributed by atoms with van der Waals surface area (Å²) >= 11 is 0. The maximum atomic E-state index is 2.26. The number of benzene rings is 3. The van der Waals surface area contributed by atoms with Gasteiger partial charge in [-0.1, -0.05) is 73.7 Å². The summed E-state index contributed by atoms with van der Waals surface area (Å²) in [6.45, 7) is 2.20. The highest BCUT2D eigenvalue weighted by atomic mass is 14.2. The summed E-state index contributed by atoms with van der Waals surface area (Å²) in [5, 5.41) is 0. The Morgan fingerprint density at radius 2 is 1.43 bits per heavy atom. The first-order valence-electron chi connectivity index (χ1n) is 7.66. The molecule has 0 heterocycles. The average Bonchev–Trinajstić information content (AvgIpc) is 2.94. The lowest BCUT2D eigenvalue weighted by atomic mass is 9.95. The highest BCUT2D eigenvalue weighted by Gasteiger charge is 2.20. The predicted molar refractivity (Wildman–Crippen MR) is 89.5 cm³/mol. The van der Waals surface area contributed by atoms with Gasteiger partial charge in [0.05, 0.1) is 0 Å². The third-order valence-electron chi connectivity index (χ3n) is 4.52. The van der Waals surface area contributed by atoms with Gasteiger partial charge in [0.25, 0.3) is 0 Å². The molecule has 0 bridgehead atoms. The van der Waals surface area contributed by atoms with Crippen LogP contribution in [0.2, 0.25) is 0 Å². The van der Waals surface area contributed by atoms with Crippen molar-refractivity contribution in [2.75, 3.05) is 0 Å². The largest absolute Gasteiger partial charge is 0.0619 e. The van der Waals surface area contributed by atoms with Crippen molar-refractivity contribution >= 4 is 0 Å². The van der Waals surface area contributed by atoms with Crippen molar-refractivity contribution in [2.45, 2.75) is 19.8 Å². The molecule has 102 valence electrons. The Bertz CT molecular complexity index is 795. The van der Waals surface area contributed by atoms with Gasteiger partial charge >= 0.3 is 0 Å². The molecule has 4 rings (SSSR count). The zero-order chi connectivity index (χ0) is 14.2. The van der Waals surface area contributed by atoms with Crippen LogP contribution in [0.1, 0.15) is 23.6 Å². The summed E-state index contributed by atoms with van der Waals surface area (Å²) in [6, 6.07) is 24.5. The molecule has 0 amide bonds. The van der Waals surface area contributed by atoms with E-state index < -0.39 is 0 Å². The fourth-order valence-corrected chi connectivity index (χ4v) is 3.35. The van der Waals surface area contributed by atoms with Crippen molar-refractivity contribution in [1.82, 2.24) is 0 Å². The van der Waals surface area contributed by atoms with Gasteiger partial charge in [-0.15, -0.1) is 0 Å². The van der Waals surface area contributed by atoms with Gasteiger partial charge in [0.1, 0.15) is 0 Å².